The van der Waals surface area contributed by atoms with Crippen molar-refractivity contribution in [1.82, 2.24) is 4.90 Å². The smallest absolute Gasteiger partial charge is 0.410 e. The number of aliphatic hydroxyl groups excluding tert-OH is 1. The van der Waals surface area contributed by atoms with Gasteiger partial charge in [0, 0.05) is 29.0 Å². The molecule has 2 atom stereocenters. The van der Waals surface area contributed by atoms with Crippen LogP contribution in [-0.4, -0.2) is 34.8 Å². The third-order valence-corrected chi connectivity index (χ3v) is 4.97. The summed E-state index contributed by atoms with van der Waals surface area (Å²) < 4.78 is 20.0. The van der Waals surface area contributed by atoms with E-state index >= 15 is 0 Å². The first-order valence-corrected chi connectivity index (χ1v) is 8.56. The molecule has 1 fully saturated rings. The van der Waals surface area contributed by atoms with Gasteiger partial charge >= 0.3 is 6.09 Å². The van der Waals surface area contributed by atoms with Gasteiger partial charge in [-0.3, -0.25) is 0 Å². The van der Waals surface area contributed by atoms with Crippen LogP contribution in [0.4, 0.5) is 9.18 Å². The molecule has 2 rings (SSSR count). The van der Waals surface area contributed by atoms with Crippen molar-refractivity contribution in [2.75, 3.05) is 13.1 Å². The van der Waals surface area contributed by atoms with E-state index in [0.29, 0.717) is 24.0 Å². The summed E-state index contributed by atoms with van der Waals surface area (Å²) in [6, 6.07) is 3.11. The number of carbonyl (C=O) groups is 1. The van der Waals surface area contributed by atoms with Crippen molar-refractivity contribution in [3.05, 3.63) is 33.0 Å². The van der Waals surface area contributed by atoms with E-state index in [9.17, 15) is 14.3 Å². The van der Waals surface area contributed by atoms with Crippen molar-refractivity contribution < 1.29 is 19.0 Å². The highest BCUT2D eigenvalue weighted by Gasteiger charge is 2.35. The second-order valence-electron chi connectivity index (χ2n) is 6.68. The van der Waals surface area contributed by atoms with Crippen LogP contribution in [0.5, 0.6) is 0 Å². The monoisotopic (exact) mass is 407 g/mol. The summed E-state index contributed by atoms with van der Waals surface area (Å²) in [5, 5.41) is 10.4. The van der Waals surface area contributed by atoms with Crippen molar-refractivity contribution in [1.29, 1.82) is 0 Å². The number of aliphatic hydroxyl groups is 1. The first-order chi connectivity index (χ1) is 10.6. The van der Waals surface area contributed by atoms with Crippen molar-refractivity contribution in [2.24, 2.45) is 5.92 Å². The molecule has 0 aromatic heterocycles. The molecule has 1 aromatic rings. The van der Waals surface area contributed by atoms with Crippen LogP contribution in [0, 0.1) is 11.7 Å². The van der Waals surface area contributed by atoms with E-state index in [1.54, 1.807) is 26.8 Å². The zero-order chi connectivity index (χ0) is 17.4. The average Bonchev–Trinajstić information content (AvgIpc) is 2.92. The SMILES string of the molecule is CC(C)(C)OC(=O)N1CCC(C(O)c2ccc(Br)c(Cl)c2F)C1. The van der Waals surface area contributed by atoms with E-state index in [1.165, 1.54) is 11.0 Å². The van der Waals surface area contributed by atoms with Gasteiger partial charge in [-0.25, -0.2) is 9.18 Å². The predicted molar refractivity (Wildman–Crippen MR) is 90.0 cm³/mol. The highest BCUT2D eigenvalue weighted by atomic mass is 79.9. The lowest BCUT2D eigenvalue weighted by atomic mass is 9.95. The van der Waals surface area contributed by atoms with Gasteiger partial charge in [0.15, 0.2) is 0 Å². The van der Waals surface area contributed by atoms with Crippen molar-refractivity contribution in [2.45, 2.75) is 38.9 Å². The molecule has 1 saturated heterocycles. The second-order valence-corrected chi connectivity index (χ2v) is 7.92. The van der Waals surface area contributed by atoms with Gasteiger partial charge in [0.2, 0.25) is 0 Å². The quantitative estimate of drug-likeness (QED) is 0.731. The van der Waals surface area contributed by atoms with Gasteiger partial charge in [0.05, 0.1) is 11.1 Å². The Morgan fingerprint density at radius 1 is 1.52 bits per heavy atom. The van der Waals surface area contributed by atoms with E-state index < -0.39 is 23.6 Å². The molecule has 1 heterocycles. The molecule has 0 spiro atoms. The molecule has 0 bridgehead atoms. The minimum absolute atomic E-state index is 0.0523. The Morgan fingerprint density at radius 3 is 2.78 bits per heavy atom. The second kappa shape index (κ2) is 6.95. The average molecular weight is 409 g/mol. The zero-order valence-electron chi connectivity index (χ0n) is 13.3. The normalized spacial score (nSPS) is 19.8. The summed E-state index contributed by atoms with van der Waals surface area (Å²) in [4.78, 5) is 13.6. The summed E-state index contributed by atoms with van der Waals surface area (Å²) in [7, 11) is 0. The molecule has 0 radical (unpaired) electrons. The number of halogens is 3. The van der Waals surface area contributed by atoms with Gasteiger partial charge in [-0.1, -0.05) is 17.7 Å². The van der Waals surface area contributed by atoms with Gasteiger partial charge < -0.3 is 14.7 Å². The lowest BCUT2D eigenvalue weighted by molar-refractivity contribution is 0.0267. The van der Waals surface area contributed by atoms with Gasteiger partial charge in [0.1, 0.15) is 11.4 Å². The van der Waals surface area contributed by atoms with Gasteiger partial charge in [-0.15, -0.1) is 0 Å². The molecule has 7 heteroatoms. The third kappa shape index (κ3) is 4.37. The van der Waals surface area contributed by atoms with Crippen molar-refractivity contribution in [3.63, 3.8) is 0 Å². The number of amides is 1. The molecule has 1 aliphatic rings. The van der Waals surface area contributed by atoms with Crippen LogP contribution in [0.1, 0.15) is 38.9 Å². The minimum Gasteiger partial charge on any atom is -0.444 e. The molecule has 1 amide bonds. The molecule has 1 aliphatic heterocycles. The Bertz CT molecular complexity index is 606. The van der Waals surface area contributed by atoms with Crippen LogP contribution >= 0.6 is 27.5 Å². The number of hydrogen-bond acceptors (Lipinski definition) is 3. The first-order valence-electron chi connectivity index (χ1n) is 7.39. The molecule has 23 heavy (non-hydrogen) atoms. The number of rotatable bonds is 2. The Labute approximate surface area is 148 Å². The number of likely N-dealkylation sites (tertiary alicyclic amines) is 1. The molecular formula is C16H20BrClFNO3. The Kier molecular flexibility index (Phi) is 5.59. The fourth-order valence-electron chi connectivity index (χ4n) is 2.56. The minimum atomic E-state index is -1.02. The van der Waals surface area contributed by atoms with Crippen molar-refractivity contribution >= 4 is 33.6 Å². The highest BCUT2D eigenvalue weighted by Crippen LogP contribution is 2.36. The molecule has 0 saturated carbocycles. The molecular weight excluding hydrogens is 389 g/mol. The summed E-state index contributed by atoms with van der Waals surface area (Å²) in [6.45, 7) is 6.19. The van der Waals surface area contributed by atoms with Gasteiger partial charge in [-0.05, 0) is 49.2 Å². The van der Waals surface area contributed by atoms with E-state index in [-0.39, 0.29) is 16.5 Å². The summed E-state index contributed by atoms with van der Waals surface area (Å²) in [5.74, 6) is -0.890. The highest BCUT2D eigenvalue weighted by molar-refractivity contribution is 9.10. The van der Waals surface area contributed by atoms with Crippen molar-refractivity contribution in [3.8, 4) is 0 Å². The van der Waals surface area contributed by atoms with Gasteiger partial charge in [-0.2, -0.15) is 0 Å². The Balaban J connectivity index is 2.07. The van der Waals surface area contributed by atoms with Crippen LogP contribution in [0.2, 0.25) is 5.02 Å². The largest absolute Gasteiger partial charge is 0.444 e. The maximum atomic E-state index is 14.2. The zero-order valence-corrected chi connectivity index (χ0v) is 15.6. The molecule has 1 aromatic carbocycles. The van der Waals surface area contributed by atoms with Crippen LogP contribution in [0.25, 0.3) is 0 Å². The standard InChI is InChI=1S/C16H20BrClFNO3/c1-16(2,3)23-15(22)20-7-6-9(8-20)14(21)10-4-5-11(17)12(18)13(10)19/h4-5,9,14,21H,6-8H2,1-3H3. The topological polar surface area (TPSA) is 49.8 Å². The van der Waals surface area contributed by atoms with Crippen LogP contribution in [0.15, 0.2) is 16.6 Å². The predicted octanol–water partition coefficient (Wildman–Crippen LogP) is 4.53. The summed E-state index contributed by atoms with van der Waals surface area (Å²) in [5.41, 5.74) is -0.423. The number of ether oxygens (including phenoxy) is 1. The fraction of sp³-hybridized carbons (Fsp3) is 0.562. The maximum Gasteiger partial charge on any atom is 0.410 e. The van der Waals surface area contributed by atoms with E-state index in [2.05, 4.69) is 15.9 Å². The lowest BCUT2D eigenvalue weighted by Gasteiger charge is -2.25. The van der Waals surface area contributed by atoms with Crippen LogP contribution in [-0.2, 0) is 4.74 Å². The molecule has 2 unspecified atom stereocenters. The first kappa shape index (κ1) is 18.5. The van der Waals surface area contributed by atoms with Gasteiger partial charge in [0.25, 0.3) is 0 Å². The fourth-order valence-corrected chi connectivity index (χ4v) is 3.04. The van der Waals surface area contributed by atoms with E-state index in [1.807, 2.05) is 0 Å². The van der Waals surface area contributed by atoms with E-state index in [4.69, 9.17) is 16.3 Å². The molecule has 4 nitrogen and oxygen atoms in total. The maximum absolute atomic E-state index is 14.2. The Morgan fingerprint density at radius 2 is 2.17 bits per heavy atom. The summed E-state index contributed by atoms with van der Waals surface area (Å²) >= 11 is 9.01. The number of carbonyl (C=O) groups excluding carboxylic acids is 1. The molecule has 128 valence electrons. The summed E-state index contributed by atoms with van der Waals surface area (Å²) in [6.07, 6.45) is -0.859. The third-order valence-electron chi connectivity index (χ3n) is 3.71. The number of hydrogen-bond donors (Lipinski definition) is 1. The Hall–Kier alpha value is -0.850. The number of benzene rings is 1. The van der Waals surface area contributed by atoms with Crippen LogP contribution in [0.3, 0.4) is 0 Å². The van der Waals surface area contributed by atoms with Crippen LogP contribution < -0.4 is 0 Å². The molecule has 0 aliphatic carbocycles. The number of nitrogens with zero attached hydrogens (tertiary/aromatic N) is 1. The molecule has 1 N–H and O–H groups in total. The van der Waals surface area contributed by atoms with E-state index in [0.717, 1.165) is 0 Å². The lowest BCUT2D eigenvalue weighted by Crippen LogP contribution is -2.35.